The van der Waals surface area contributed by atoms with E-state index in [0.29, 0.717) is 23.6 Å². The number of nitrogens with one attached hydrogen (secondary N) is 1. The Morgan fingerprint density at radius 1 is 0.906 bits per heavy atom. The van der Waals surface area contributed by atoms with E-state index in [1.807, 2.05) is 6.92 Å². The number of sulfone groups is 1. The molecule has 0 radical (unpaired) electrons. The molecule has 0 unspecified atom stereocenters. The number of rotatable bonds is 7. The van der Waals surface area contributed by atoms with Crippen LogP contribution < -0.4 is 10.1 Å². The van der Waals surface area contributed by atoms with Gasteiger partial charge in [0.15, 0.2) is 0 Å². The van der Waals surface area contributed by atoms with Crippen LogP contribution in [0, 0.1) is 11.6 Å². The topological polar surface area (TPSA) is 81.4 Å². The molecule has 1 heterocycles. The number of aromatic nitrogens is 1. The zero-order chi connectivity index (χ0) is 22.7. The Bertz CT molecular complexity index is 1320. The molecule has 0 aliphatic rings. The first-order valence-electron chi connectivity index (χ1n) is 9.64. The highest BCUT2D eigenvalue weighted by atomic mass is 32.2. The van der Waals surface area contributed by atoms with Gasteiger partial charge >= 0.3 is 0 Å². The minimum Gasteiger partial charge on any atom is -0.494 e. The summed E-state index contributed by atoms with van der Waals surface area (Å²) in [6.45, 7) is 2.38. The zero-order valence-electron chi connectivity index (χ0n) is 16.9. The monoisotopic (exact) mass is 456 g/mol. The van der Waals surface area contributed by atoms with Crippen LogP contribution in [0.5, 0.6) is 5.75 Å². The molecule has 6 nitrogen and oxygen atoms in total. The number of oxazole rings is 1. The van der Waals surface area contributed by atoms with Crippen molar-refractivity contribution in [1.29, 1.82) is 0 Å². The lowest BCUT2D eigenvalue weighted by atomic mass is 10.2. The van der Waals surface area contributed by atoms with Crippen LogP contribution >= 0.6 is 0 Å². The Morgan fingerprint density at radius 3 is 2.09 bits per heavy atom. The number of halogens is 2. The number of benzene rings is 3. The van der Waals surface area contributed by atoms with Crippen molar-refractivity contribution in [2.45, 2.75) is 16.8 Å². The zero-order valence-corrected chi connectivity index (χ0v) is 17.7. The van der Waals surface area contributed by atoms with Crippen LogP contribution in [-0.4, -0.2) is 20.0 Å². The maximum Gasteiger partial charge on any atom is 0.238 e. The Hall–Kier alpha value is -3.72. The lowest BCUT2D eigenvalue weighted by Gasteiger charge is -2.07. The molecule has 1 aromatic heterocycles. The van der Waals surface area contributed by atoms with Crippen LogP contribution in [-0.2, 0) is 9.84 Å². The molecule has 0 amide bonds. The Labute approximate surface area is 183 Å². The second-order valence-electron chi connectivity index (χ2n) is 6.70. The third-order valence-corrected chi connectivity index (χ3v) is 6.17. The second kappa shape index (κ2) is 8.80. The molecule has 4 rings (SSSR count). The predicted molar refractivity (Wildman–Crippen MR) is 115 cm³/mol. The molecule has 32 heavy (non-hydrogen) atoms. The van der Waals surface area contributed by atoms with Gasteiger partial charge in [-0.1, -0.05) is 0 Å². The fraction of sp³-hybridized carbons (Fsp3) is 0.0870. The average Bonchev–Trinajstić information content (AvgIpc) is 3.21. The summed E-state index contributed by atoms with van der Waals surface area (Å²) >= 11 is 0. The molecular formula is C23H18F2N2O4S. The van der Waals surface area contributed by atoms with Crippen molar-refractivity contribution in [1.82, 2.24) is 4.98 Å². The molecule has 3 aromatic carbocycles. The van der Waals surface area contributed by atoms with E-state index in [9.17, 15) is 17.2 Å². The van der Waals surface area contributed by atoms with E-state index in [2.05, 4.69) is 10.3 Å². The maximum atomic E-state index is 13.3. The number of nitrogens with zero attached hydrogens (tertiary/aromatic N) is 1. The molecule has 0 fully saturated rings. The summed E-state index contributed by atoms with van der Waals surface area (Å²) in [5, 5.41) is 2.54. The summed E-state index contributed by atoms with van der Waals surface area (Å²) in [5.74, 6) is -0.505. The fourth-order valence-electron chi connectivity index (χ4n) is 2.94. The highest BCUT2D eigenvalue weighted by Crippen LogP contribution is 2.34. The van der Waals surface area contributed by atoms with E-state index in [1.54, 1.807) is 24.3 Å². The lowest BCUT2D eigenvalue weighted by Crippen LogP contribution is -2.05. The van der Waals surface area contributed by atoms with Gasteiger partial charge in [-0.15, -0.1) is 0 Å². The summed E-state index contributed by atoms with van der Waals surface area (Å²) < 4.78 is 64.2. The van der Waals surface area contributed by atoms with E-state index < -0.39 is 21.5 Å². The highest BCUT2D eigenvalue weighted by molar-refractivity contribution is 7.91. The molecule has 0 spiro atoms. The van der Waals surface area contributed by atoms with Gasteiger partial charge in [-0.2, -0.15) is 4.98 Å². The summed E-state index contributed by atoms with van der Waals surface area (Å²) in [5.41, 5.74) is 0.924. The fourth-order valence-corrected chi connectivity index (χ4v) is 4.20. The molecule has 0 aliphatic carbocycles. The van der Waals surface area contributed by atoms with Gasteiger partial charge in [-0.3, -0.25) is 0 Å². The van der Waals surface area contributed by atoms with Gasteiger partial charge in [0.25, 0.3) is 0 Å². The van der Waals surface area contributed by atoms with Crippen molar-refractivity contribution in [3.63, 3.8) is 0 Å². The minimum atomic E-state index is -4.15. The normalized spacial score (nSPS) is 11.3. The van der Waals surface area contributed by atoms with Crippen LogP contribution in [0.4, 0.5) is 20.4 Å². The SMILES string of the molecule is CCOc1ccc(Nc2oc(-c3ccc(F)cc3)nc2S(=O)(=O)c2ccc(F)cc2)cc1. The van der Waals surface area contributed by atoms with Crippen LogP contribution in [0.1, 0.15) is 6.92 Å². The van der Waals surface area contributed by atoms with Crippen LogP contribution in [0.3, 0.4) is 0 Å². The molecular weight excluding hydrogens is 438 g/mol. The molecule has 0 aliphatic heterocycles. The summed E-state index contributed by atoms with van der Waals surface area (Å²) in [6.07, 6.45) is 0. The first kappa shape index (κ1) is 21.5. The minimum absolute atomic E-state index is 0.0147. The Balaban J connectivity index is 1.78. The Morgan fingerprint density at radius 2 is 1.50 bits per heavy atom. The summed E-state index contributed by atoms with van der Waals surface area (Å²) in [6, 6.07) is 16.5. The lowest BCUT2D eigenvalue weighted by molar-refractivity contribution is 0.340. The van der Waals surface area contributed by atoms with Crippen molar-refractivity contribution in [2.75, 3.05) is 11.9 Å². The second-order valence-corrected chi connectivity index (χ2v) is 8.56. The molecule has 0 bridgehead atoms. The molecule has 0 saturated carbocycles. The predicted octanol–water partition coefficient (Wildman–Crippen LogP) is 5.59. The van der Waals surface area contributed by atoms with Gasteiger partial charge in [0.1, 0.15) is 17.4 Å². The van der Waals surface area contributed by atoms with E-state index in [1.165, 1.54) is 24.3 Å². The number of hydrogen-bond donors (Lipinski definition) is 1. The summed E-state index contributed by atoms with van der Waals surface area (Å²) in [4.78, 5) is 4.02. The van der Waals surface area contributed by atoms with Crippen molar-refractivity contribution in [2.24, 2.45) is 0 Å². The van der Waals surface area contributed by atoms with Crippen molar-refractivity contribution in [3.05, 3.63) is 84.4 Å². The average molecular weight is 456 g/mol. The smallest absolute Gasteiger partial charge is 0.238 e. The maximum absolute atomic E-state index is 13.3. The third kappa shape index (κ3) is 4.47. The van der Waals surface area contributed by atoms with Crippen LogP contribution in [0.25, 0.3) is 11.5 Å². The van der Waals surface area contributed by atoms with Gasteiger partial charge in [-0.05, 0) is 79.7 Å². The molecule has 0 atom stereocenters. The number of anilines is 2. The van der Waals surface area contributed by atoms with Crippen molar-refractivity contribution < 1.29 is 26.4 Å². The highest BCUT2D eigenvalue weighted by Gasteiger charge is 2.29. The largest absolute Gasteiger partial charge is 0.494 e. The molecule has 0 saturated heterocycles. The van der Waals surface area contributed by atoms with Gasteiger partial charge in [0.2, 0.25) is 26.6 Å². The molecule has 1 N–H and O–H groups in total. The van der Waals surface area contributed by atoms with Gasteiger partial charge in [0.05, 0.1) is 11.5 Å². The number of hydrogen-bond acceptors (Lipinski definition) is 6. The van der Waals surface area contributed by atoms with E-state index in [4.69, 9.17) is 9.15 Å². The van der Waals surface area contributed by atoms with Crippen molar-refractivity contribution in [3.8, 4) is 17.2 Å². The van der Waals surface area contributed by atoms with Gasteiger partial charge in [-0.25, -0.2) is 17.2 Å². The van der Waals surface area contributed by atoms with E-state index in [-0.39, 0.29) is 21.7 Å². The molecule has 9 heteroatoms. The van der Waals surface area contributed by atoms with Gasteiger partial charge < -0.3 is 14.5 Å². The third-order valence-electron chi connectivity index (χ3n) is 4.49. The molecule has 164 valence electrons. The van der Waals surface area contributed by atoms with Gasteiger partial charge in [0, 0.05) is 11.3 Å². The summed E-state index contributed by atoms with van der Waals surface area (Å²) in [7, 11) is -4.15. The number of ether oxygens (including phenoxy) is 1. The van der Waals surface area contributed by atoms with Crippen LogP contribution in [0.15, 0.2) is 87.1 Å². The molecule has 4 aromatic rings. The first-order chi connectivity index (χ1) is 15.4. The van der Waals surface area contributed by atoms with Crippen LogP contribution in [0.2, 0.25) is 0 Å². The Kier molecular flexibility index (Phi) is 5.91. The first-order valence-corrected chi connectivity index (χ1v) is 11.1. The van der Waals surface area contributed by atoms with Crippen molar-refractivity contribution >= 4 is 21.4 Å². The quantitative estimate of drug-likeness (QED) is 0.365. The van der Waals surface area contributed by atoms with E-state index in [0.717, 1.165) is 24.3 Å². The standard InChI is InChI=1S/C23H18F2N2O4S/c1-2-30-19-11-9-18(10-12-19)26-22-23(32(28,29)20-13-7-17(25)8-14-20)27-21(31-22)15-3-5-16(24)6-4-15/h3-14,26H,2H2,1H3. The van der Waals surface area contributed by atoms with E-state index >= 15 is 0 Å².